The summed E-state index contributed by atoms with van der Waals surface area (Å²) in [7, 11) is 1.62. The van der Waals surface area contributed by atoms with Gasteiger partial charge in [-0.3, -0.25) is 4.79 Å². The van der Waals surface area contributed by atoms with Gasteiger partial charge in [-0.05, 0) is 19.3 Å². The van der Waals surface area contributed by atoms with Crippen LogP contribution < -0.4 is 11.1 Å². The van der Waals surface area contributed by atoms with Crippen LogP contribution in [0.5, 0.6) is 0 Å². The number of nitrogens with two attached hydrogens (primary N) is 1. The van der Waals surface area contributed by atoms with Gasteiger partial charge in [-0.15, -0.1) is 0 Å². The zero-order valence-corrected chi connectivity index (χ0v) is 12.5. The highest BCUT2D eigenvalue weighted by Gasteiger charge is 2.44. The molecule has 1 aliphatic carbocycles. The lowest BCUT2D eigenvalue weighted by molar-refractivity contribution is -0.130. The van der Waals surface area contributed by atoms with Gasteiger partial charge in [0.1, 0.15) is 5.41 Å². The molecule has 6 heteroatoms. The van der Waals surface area contributed by atoms with Gasteiger partial charge in [0.15, 0.2) is 5.84 Å². The molecule has 0 spiro atoms. The number of amides is 1. The summed E-state index contributed by atoms with van der Waals surface area (Å²) in [6, 6.07) is -0.0252. The van der Waals surface area contributed by atoms with Gasteiger partial charge in [-0.2, -0.15) is 0 Å². The van der Waals surface area contributed by atoms with E-state index in [0.29, 0.717) is 19.4 Å². The van der Waals surface area contributed by atoms with Gasteiger partial charge >= 0.3 is 0 Å². The Morgan fingerprint density at radius 2 is 2.10 bits per heavy atom. The second-order valence-electron chi connectivity index (χ2n) is 5.54. The van der Waals surface area contributed by atoms with E-state index in [1.54, 1.807) is 7.11 Å². The lowest BCUT2D eigenvalue weighted by atomic mass is 9.72. The van der Waals surface area contributed by atoms with Gasteiger partial charge in [0, 0.05) is 7.11 Å². The maximum absolute atomic E-state index is 12.6. The largest absolute Gasteiger partial charge is 0.409 e. The number of ether oxygens (including phenoxy) is 1. The van der Waals surface area contributed by atoms with E-state index in [0.717, 1.165) is 32.1 Å². The van der Waals surface area contributed by atoms with Crippen LogP contribution in [0.15, 0.2) is 5.16 Å². The molecule has 1 fully saturated rings. The van der Waals surface area contributed by atoms with Crippen LogP contribution in [0.4, 0.5) is 0 Å². The Hall–Kier alpha value is -1.30. The zero-order valence-electron chi connectivity index (χ0n) is 12.5. The number of nitrogens with zero attached hydrogens (tertiary/aromatic N) is 1. The van der Waals surface area contributed by atoms with Gasteiger partial charge in [0.2, 0.25) is 5.91 Å². The van der Waals surface area contributed by atoms with Crippen molar-refractivity contribution < 1.29 is 14.7 Å². The zero-order chi connectivity index (χ0) is 15.0. The topological polar surface area (TPSA) is 96.9 Å². The summed E-state index contributed by atoms with van der Waals surface area (Å²) in [5, 5.41) is 15.1. The van der Waals surface area contributed by atoms with Crippen molar-refractivity contribution in [3.8, 4) is 0 Å². The van der Waals surface area contributed by atoms with E-state index >= 15 is 0 Å². The van der Waals surface area contributed by atoms with Crippen molar-refractivity contribution >= 4 is 11.7 Å². The highest BCUT2D eigenvalue weighted by Crippen LogP contribution is 2.37. The third kappa shape index (κ3) is 3.85. The smallest absolute Gasteiger partial charge is 0.234 e. The van der Waals surface area contributed by atoms with Crippen LogP contribution in [0.1, 0.15) is 51.9 Å². The number of rotatable bonds is 7. The van der Waals surface area contributed by atoms with Gasteiger partial charge < -0.3 is 21.0 Å². The number of hydrogen-bond acceptors (Lipinski definition) is 4. The average Bonchev–Trinajstić information content (AvgIpc) is 2.47. The molecule has 0 saturated heterocycles. The van der Waals surface area contributed by atoms with Crippen molar-refractivity contribution in [2.45, 2.75) is 57.9 Å². The molecule has 6 nitrogen and oxygen atoms in total. The fourth-order valence-corrected chi connectivity index (χ4v) is 2.92. The minimum Gasteiger partial charge on any atom is -0.409 e. The fraction of sp³-hybridized carbons (Fsp3) is 0.857. The monoisotopic (exact) mass is 285 g/mol. The molecule has 0 aromatic carbocycles. The summed E-state index contributed by atoms with van der Waals surface area (Å²) in [4.78, 5) is 12.6. The Balaban J connectivity index is 2.82. The fourth-order valence-electron chi connectivity index (χ4n) is 2.92. The predicted octanol–water partition coefficient (Wildman–Crippen LogP) is 1.61. The lowest BCUT2D eigenvalue weighted by Crippen LogP contribution is -2.54. The molecule has 0 aromatic rings. The Labute approximate surface area is 120 Å². The first-order valence-corrected chi connectivity index (χ1v) is 7.38. The molecule has 1 saturated carbocycles. The second kappa shape index (κ2) is 8.09. The van der Waals surface area contributed by atoms with E-state index in [1.807, 2.05) is 0 Å². The van der Waals surface area contributed by atoms with E-state index < -0.39 is 5.41 Å². The van der Waals surface area contributed by atoms with Crippen molar-refractivity contribution in [3.05, 3.63) is 0 Å². The van der Waals surface area contributed by atoms with Crippen LogP contribution in [0.25, 0.3) is 0 Å². The molecule has 0 radical (unpaired) electrons. The third-order valence-corrected chi connectivity index (χ3v) is 4.08. The van der Waals surface area contributed by atoms with Crippen LogP contribution in [0.3, 0.4) is 0 Å². The van der Waals surface area contributed by atoms with Crippen LogP contribution >= 0.6 is 0 Å². The minimum atomic E-state index is -0.854. The molecule has 4 N–H and O–H groups in total. The SMILES string of the molecule is CCCC(COC)NC(=O)C1(C(N)=NO)CCCCC1. The number of hydrogen-bond donors (Lipinski definition) is 3. The standard InChI is InChI=1S/C14H27N3O3/c1-3-7-11(10-20-2)16-13(18)14(12(15)17-19)8-5-4-6-9-14/h11,19H,3-10H2,1-2H3,(H2,15,17)(H,16,18). The van der Waals surface area contributed by atoms with Gasteiger partial charge in [0.25, 0.3) is 0 Å². The van der Waals surface area contributed by atoms with Gasteiger partial charge in [0.05, 0.1) is 12.6 Å². The molecule has 1 atom stereocenters. The predicted molar refractivity (Wildman–Crippen MR) is 77.6 cm³/mol. The highest BCUT2D eigenvalue weighted by atomic mass is 16.5. The molecule has 1 rings (SSSR count). The Bertz CT molecular complexity index is 333. The number of carbonyl (C=O) groups is 1. The molecule has 0 aliphatic heterocycles. The summed E-state index contributed by atoms with van der Waals surface area (Å²) in [6.07, 6.45) is 6.03. The van der Waals surface area contributed by atoms with Crippen molar-refractivity contribution in [1.29, 1.82) is 0 Å². The summed E-state index contributed by atoms with van der Waals surface area (Å²) in [5.41, 5.74) is 4.96. The molecule has 1 amide bonds. The first kappa shape index (κ1) is 16.8. The molecule has 0 bridgehead atoms. The quantitative estimate of drug-likeness (QED) is 0.286. The molecule has 0 aromatic heterocycles. The number of amidine groups is 1. The number of nitrogens with one attached hydrogen (secondary N) is 1. The molecular formula is C14H27N3O3. The normalized spacial score (nSPS) is 20.4. The van der Waals surface area contributed by atoms with Crippen LogP contribution in [-0.2, 0) is 9.53 Å². The van der Waals surface area contributed by atoms with Crippen LogP contribution in [-0.4, -0.2) is 36.7 Å². The van der Waals surface area contributed by atoms with Crippen LogP contribution in [0.2, 0.25) is 0 Å². The summed E-state index contributed by atoms with van der Waals surface area (Å²) >= 11 is 0. The second-order valence-corrected chi connectivity index (χ2v) is 5.54. The Morgan fingerprint density at radius 1 is 1.45 bits per heavy atom. The van der Waals surface area contributed by atoms with Crippen LogP contribution in [0, 0.1) is 5.41 Å². The number of methoxy groups -OCH3 is 1. The molecular weight excluding hydrogens is 258 g/mol. The molecule has 1 aliphatic rings. The molecule has 1 unspecified atom stereocenters. The van der Waals surface area contributed by atoms with Gasteiger partial charge in [-0.1, -0.05) is 37.8 Å². The van der Waals surface area contributed by atoms with E-state index in [1.165, 1.54) is 0 Å². The van der Waals surface area contributed by atoms with E-state index in [4.69, 9.17) is 15.7 Å². The summed E-state index contributed by atoms with van der Waals surface area (Å²) < 4.78 is 5.14. The average molecular weight is 285 g/mol. The maximum atomic E-state index is 12.6. The lowest BCUT2D eigenvalue weighted by Gasteiger charge is -2.35. The van der Waals surface area contributed by atoms with E-state index in [2.05, 4.69) is 17.4 Å². The van der Waals surface area contributed by atoms with E-state index in [-0.39, 0.29) is 17.8 Å². The van der Waals surface area contributed by atoms with E-state index in [9.17, 15) is 4.79 Å². The summed E-state index contributed by atoms with van der Waals surface area (Å²) in [6.45, 7) is 2.54. The van der Waals surface area contributed by atoms with Crippen molar-refractivity contribution in [1.82, 2.24) is 5.32 Å². The van der Waals surface area contributed by atoms with Gasteiger partial charge in [-0.25, -0.2) is 0 Å². The number of oxime groups is 1. The summed E-state index contributed by atoms with van der Waals surface area (Å²) in [5.74, 6) is -0.106. The maximum Gasteiger partial charge on any atom is 0.234 e. The van der Waals surface area contributed by atoms with Crippen molar-refractivity contribution in [3.63, 3.8) is 0 Å². The number of carbonyl (C=O) groups excluding carboxylic acids is 1. The molecule has 116 valence electrons. The van der Waals surface area contributed by atoms with Crippen molar-refractivity contribution in [2.75, 3.05) is 13.7 Å². The first-order valence-electron chi connectivity index (χ1n) is 7.38. The minimum absolute atomic E-state index is 0.0252. The highest BCUT2D eigenvalue weighted by molar-refractivity contribution is 6.06. The molecule has 20 heavy (non-hydrogen) atoms. The first-order chi connectivity index (χ1) is 9.60. The Morgan fingerprint density at radius 3 is 2.60 bits per heavy atom. The third-order valence-electron chi connectivity index (χ3n) is 4.08. The van der Waals surface area contributed by atoms with Crippen molar-refractivity contribution in [2.24, 2.45) is 16.3 Å². The molecule has 0 heterocycles. The Kier molecular flexibility index (Phi) is 6.78.